The molecule has 0 bridgehead atoms. The van der Waals surface area contributed by atoms with Crippen LogP contribution in [0.15, 0.2) is 48.1 Å². The number of hydrogen-bond donors (Lipinski definition) is 2. The van der Waals surface area contributed by atoms with E-state index in [2.05, 4.69) is 20.3 Å². The third-order valence-corrected chi connectivity index (χ3v) is 3.58. The number of hydrogen-bond acceptors (Lipinski definition) is 6. The SMILES string of the molecule is NC(=O)c1cccc(Nc2ncnc(-c3cccs3)n2)c1. The van der Waals surface area contributed by atoms with Crippen LogP contribution in [0.5, 0.6) is 0 Å². The summed E-state index contributed by atoms with van der Waals surface area (Å²) in [5.74, 6) is 0.539. The third-order valence-electron chi connectivity index (χ3n) is 2.72. The highest BCUT2D eigenvalue weighted by atomic mass is 32.1. The molecule has 3 N–H and O–H groups in total. The van der Waals surface area contributed by atoms with Gasteiger partial charge in [-0.2, -0.15) is 4.98 Å². The lowest BCUT2D eigenvalue weighted by Gasteiger charge is -2.06. The summed E-state index contributed by atoms with van der Waals surface area (Å²) >= 11 is 1.56. The number of nitrogens with zero attached hydrogens (tertiary/aromatic N) is 3. The van der Waals surface area contributed by atoms with Gasteiger partial charge in [-0.1, -0.05) is 12.1 Å². The molecule has 2 heterocycles. The van der Waals surface area contributed by atoms with Crippen LogP contribution in [0.3, 0.4) is 0 Å². The number of rotatable bonds is 4. The molecule has 3 rings (SSSR count). The molecule has 1 amide bonds. The Hall–Kier alpha value is -2.80. The summed E-state index contributed by atoms with van der Waals surface area (Å²) in [7, 11) is 0. The molecule has 0 aliphatic carbocycles. The predicted octanol–water partition coefficient (Wildman–Crippen LogP) is 2.44. The fourth-order valence-corrected chi connectivity index (χ4v) is 2.42. The number of anilines is 2. The summed E-state index contributed by atoms with van der Waals surface area (Å²) in [6.07, 6.45) is 1.45. The summed E-state index contributed by atoms with van der Waals surface area (Å²) in [5.41, 5.74) is 6.37. The van der Waals surface area contributed by atoms with Crippen LogP contribution in [0.2, 0.25) is 0 Å². The Morgan fingerprint density at radius 1 is 1.19 bits per heavy atom. The first-order valence-corrected chi connectivity index (χ1v) is 7.00. The summed E-state index contributed by atoms with van der Waals surface area (Å²) in [6, 6.07) is 10.7. The van der Waals surface area contributed by atoms with E-state index in [1.165, 1.54) is 6.33 Å². The van der Waals surface area contributed by atoms with Gasteiger partial charge >= 0.3 is 0 Å². The average molecular weight is 297 g/mol. The number of carbonyl (C=O) groups is 1. The molecule has 0 fully saturated rings. The number of aromatic nitrogens is 3. The lowest BCUT2D eigenvalue weighted by Crippen LogP contribution is -2.11. The zero-order valence-corrected chi connectivity index (χ0v) is 11.7. The van der Waals surface area contributed by atoms with Crippen LogP contribution in [0, 0.1) is 0 Å². The molecule has 21 heavy (non-hydrogen) atoms. The molecule has 0 unspecified atom stereocenters. The van der Waals surface area contributed by atoms with Crippen molar-refractivity contribution in [3.8, 4) is 10.7 Å². The summed E-state index contributed by atoms with van der Waals surface area (Å²) in [4.78, 5) is 24.7. The molecule has 7 heteroatoms. The Balaban J connectivity index is 1.87. The van der Waals surface area contributed by atoms with Crippen molar-refractivity contribution >= 4 is 28.9 Å². The fraction of sp³-hybridized carbons (Fsp3) is 0. The molecule has 1 aromatic carbocycles. The molecule has 104 valence electrons. The Bertz CT molecular complexity index is 773. The van der Waals surface area contributed by atoms with E-state index in [4.69, 9.17) is 5.73 Å². The minimum Gasteiger partial charge on any atom is -0.366 e. The highest BCUT2D eigenvalue weighted by molar-refractivity contribution is 7.13. The van der Waals surface area contributed by atoms with E-state index in [0.717, 1.165) is 4.88 Å². The van der Waals surface area contributed by atoms with Crippen molar-refractivity contribution in [2.45, 2.75) is 0 Å². The van der Waals surface area contributed by atoms with Crippen LogP contribution in [-0.2, 0) is 0 Å². The topological polar surface area (TPSA) is 93.8 Å². The molecule has 0 aliphatic rings. The van der Waals surface area contributed by atoms with E-state index >= 15 is 0 Å². The molecule has 2 aromatic heterocycles. The standard InChI is InChI=1S/C14H11N5OS/c15-12(20)9-3-1-4-10(7-9)18-14-17-8-16-13(19-14)11-5-2-6-21-11/h1-8H,(H2,15,20)(H,16,17,18,19). The van der Waals surface area contributed by atoms with Gasteiger partial charge in [0.25, 0.3) is 0 Å². The van der Waals surface area contributed by atoms with Gasteiger partial charge in [0, 0.05) is 11.3 Å². The first kappa shape index (κ1) is 13.2. The highest BCUT2D eigenvalue weighted by Gasteiger charge is 2.06. The van der Waals surface area contributed by atoms with Crippen molar-refractivity contribution in [2.75, 3.05) is 5.32 Å². The van der Waals surface area contributed by atoms with Gasteiger partial charge in [0.2, 0.25) is 11.9 Å². The number of nitrogens with two attached hydrogens (primary N) is 1. The zero-order chi connectivity index (χ0) is 14.7. The maximum atomic E-state index is 11.2. The molecule has 0 spiro atoms. The molecule has 3 aromatic rings. The maximum absolute atomic E-state index is 11.2. The van der Waals surface area contributed by atoms with Crippen LogP contribution in [0.4, 0.5) is 11.6 Å². The van der Waals surface area contributed by atoms with Crippen LogP contribution in [0.25, 0.3) is 10.7 Å². The number of nitrogens with one attached hydrogen (secondary N) is 1. The largest absolute Gasteiger partial charge is 0.366 e. The quantitative estimate of drug-likeness (QED) is 0.771. The van der Waals surface area contributed by atoms with E-state index in [1.807, 2.05) is 17.5 Å². The van der Waals surface area contributed by atoms with E-state index < -0.39 is 5.91 Å². The summed E-state index contributed by atoms with van der Waals surface area (Å²) in [6.45, 7) is 0. The minimum atomic E-state index is -0.478. The van der Waals surface area contributed by atoms with Gasteiger partial charge in [-0.05, 0) is 29.6 Å². The van der Waals surface area contributed by atoms with E-state index in [-0.39, 0.29) is 0 Å². The average Bonchev–Trinajstić information content (AvgIpc) is 3.02. The lowest BCUT2D eigenvalue weighted by molar-refractivity contribution is 0.100. The number of benzene rings is 1. The van der Waals surface area contributed by atoms with Gasteiger partial charge in [0.15, 0.2) is 5.82 Å². The van der Waals surface area contributed by atoms with Gasteiger partial charge in [-0.15, -0.1) is 11.3 Å². The molecular weight excluding hydrogens is 286 g/mol. The van der Waals surface area contributed by atoms with Crippen LogP contribution in [0.1, 0.15) is 10.4 Å². The van der Waals surface area contributed by atoms with Gasteiger partial charge < -0.3 is 11.1 Å². The normalized spacial score (nSPS) is 10.3. The van der Waals surface area contributed by atoms with Gasteiger partial charge in [-0.25, -0.2) is 9.97 Å². The van der Waals surface area contributed by atoms with Crippen molar-refractivity contribution in [3.63, 3.8) is 0 Å². The van der Waals surface area contributed by atoms with Crippen molar-refractivity contribution in [2.24, 2.45) is 5.73 Å². The number of carbonyl (C=O) groups excluding carboxylic acids is 1. The Morgan fingerprint density at radius 2 is 2.10 bits per heavy atom. The second kappa shape index (κ2) is 5.68. The summed E-state index contributed by atoms with van der Waals surface area (Å²) < 4.78 is 0. The van der Waals surface area contributed by atoms with Crippen molar-refractivity contribution in [1.29, 1.82) is 0 Å². The number of amides is 1. The van der Waals surface area contributed by atoms with Crippen LogP contribution in [-0.4, -0.2) is 20.9 Å². The Labute approximate surface area is 124 Å². The smallest absolute Gasteiger partial charge is 0.248 e. The third kappa shape index (κ3) is 3.03. The molecule has 0 saturated heterocycles. The first-order chi connectivity index (χ1) is 10.2. The second-order valence-electron chi connectivity index (χ2n) is 4.18. The van der Waals surface area contributed by atoms with Gasteiger partial charge in [0.1, 0.15) is 6.33 Å². The Kier molecular flexibility index (Phi) is 3.57. The van der Waals surface area contributed by atoms with E-state index in [0.29, 0.717) is 23.0 Å². The van der Waals surface area contributed by atoms with Gasteiger partial charge in [0.05, 0.1) is 4.88 Å². The first-order valence-electron chi connectivity index (χ1n) is 6.12. The van der Waals surface area contributed by atoms with Crippen LogP contribution < -0.4 is 11.1 Å². The molecule has 6 nitrogen and oxygen atoms in total. The van der Waals surface area contributed by atoms with Crippen LogP contribution >= 0.6 is 11.3 Å². The van der Waals surface area contributed by atoms with E-state index in [1.54, 1.807) is 35.6 Å². The van der Waals surface area contributed by atoms with Crippen molar-refractivity contribution < 1.29 is 4.79 Å². The van der Waals surface area contributed by atoms with Crippen molar-refractivity contribution in [3.05, 3.63) is 53.7 Å². The monoisotopic (exact) mass is 297 g/mol. The Morgan fingerprint density at radius 3 is 2.86 bits per heavy atom. The lowest BCUT2D eigenvalue weighted by atomic mass is 10.2. The fourth-order valence-electron chi connectivity index (χ4n) is 1.76. The molecular formula is C14H11N5OS. The summed E-state index contributed by atoms with van der Waals surface area (Å²) in [5, 5.41) is 5.00. The molecule has 0 aliphatic heterocycles. The van der Waals surface area contributed by atoms with Gasteiger partial charge in [-0.3, -0.25) is 4.79 Å². The maximum Gasteiger partial charge on any atom is 0.248 e. The molecule has 0 saturated carbocycles. The van der Waals surface area contributed by atoms with E-state index in [9.17, 15) is 4.79 Å². The zero-order valence-electron chi connectivity index (χ0n) is 10.9. The highest BCUT2D eigenvalue weighted by Crippen LogP contribution is 2.22. The number of thiophene rings is 1. The molecule has 0 atom stereocenters. The molecule has 0 radical (unpaired) electrons. The van der Waals surface area contributed by atoms with Crippen molar-refractivity contribution in [1.82, 2.24) is 15.0 Å². The minimum absolute atomic E-state index is 0.412. The second-order valence-corrected chi connectivity index (χ2v) is 5.13. The number of primary amides is 1. The predicted molar refractivity (Wildman–Crippen MR) is 81.4 cm³/mol.